The molecule has 0 aromatic heterocycles. The van der Waals surface area contributed by atoms with E-state index in [0.29, 0.717) is 24.5 Å². The molecule has 6 heteroatoms. The Kier molecular flexibility index (Phi) is 7.44. The first-order chi connectivity index (χ1) is 17.3. The zero-order chi connectivity index (χ0) is 25.8. The van der Waals surface area contributed by atoms with Gasteiger partial charge in [-0.25, -0.2) is 4.39 Å². The van der Waals surface area contributed by atoms with Crippen LogP contribution < -0.4 is 9.47 Å². The van der Waals surface area contributed by atoms with E-state index in [2.05, 4.69) is 6.08 Å². The van der Waals surface area contributed by atoms with Crippen LogP contribution in [0.2, 0.25) is 0 Å². The quantitative estimate of drug-likeness (QED) is 0.423. The Labute approximate surface area is 211 Å². The van der Waals surface area contributed by atoms with Gasteiger partial charge in [0.2, 0.25) is 11.7 Å². The molecular formula is C30H30FNO4. The molecule has 1 aliphatic rings. The Morgan fingerprint density at radius 1 is 0.972 bits per heavy atom. The second-order valence-electron chi connectivity index (χ2n) is 8.88. The highest BCUT2D eigenvalue weighted by atomic mass is 19.1. The summed E-state index contributed by atoms with van der Waals surface area (Å²) >= 11 is 0. The fourth-order valence-electron chi connectivity index (χ4n) is 4.58. The average Bonchev–Trinajstić information content (AvgIpc) is 3.13. The summed E-state index contributed by atoms with van der Waals surface area (Å²) in [5.41, 5.74) is 6.34. The van der Waals surface area contributed by atoms with Crippen LogP contribution in [-0.2, 0) is 17.8 Å². The number of nitrogens with zero attached hydrogens (tertiary/aromatic N) is 1. The van der Waals surface area contributed by atoms with E-state index < -0.39 is 0 Å². The van der Waals surface area contributed by atoms with E-state index >= 15 is 0 Å². The summed E-state index contributed by atoms with van der Waals surface area (Å²) in [6.07, 6.45) is 2.78. The van der Waals surface area contributed by atoms with E-state index in [4.69, 9.17) is 9.47 Å². The molecule has 0 radical (unpaired) electrons. The third kappa shape index (κ3) is 5.13. The van der Waals surface area contributed by atoms with Crippen LogP contribution in [-0.4, -0.2) is 37.2 Å². The van der Waals surface area contributed by atoms with E-state index in [0.717, 1.165) is 39.0 Å². The van der Waals surface area contributed by atoms with Crippen molar-refractivity contribution in [1.82, 2.24) is 4.90 Å². The number of hydrogen-bond acceptors (Lipinski definition) is 4. The number of aromatic hydroxyl groups is 1. The van der Waals surface area contributed by atoms with Gasteiger partial charge in [-0.3, -0.25) is 4.79 Å². The van der Waals surface area contributed by atoms with Crippen LogP contribution >= 0.6 is 0 Å². The highest BCUT2D eigenvalue weighted by Crippen LogP contribution is 2.44. The third-order valence-corrected chi connectivity index (χ3v) is 6.55. The molecule has 0 heterocycles. The first kappa shape index (κ1) is 25.0. The van der Waals surface area contributed by atoms with Gasteiger partial charge in [-0.2, -0.15) is 0 Å². The molecule has 36 heavy (non-hydrogen) atoms. The molecule has 4 rings (SSSR count). The number of ether oxygens (including phenoxy) is 2. The van der Waals surface area contributed by atoms with Crippen LogP contribution in [0.4, 0.5) is 4.39 Å². The number of halogens is 1. The van der Waals surface area contributed by atoms with Crippen molar-refractivity contribution >= 4 is 17.1 Å². The van der Waals surface area contributed by atoms with Gasteiger partial charge in [-0.05, 0) is 76.6 Å². The molecule has 0 saturated carbocycles. The van der Waals surface area contributed by atoms with E-state index in [1.54, 1.807) is 30.1 Å². The highest BCUT2D eigenvalue weighted by molar-refractivity contribution is 6.04. The lowest BCUT2D eigenvalue weighted by atomic mass is 10.00. The zero-order valence-electron chi connectivity index (χ0n) is 21.0. The lowest BCUT2D eigenvalue weighted by Gasteiger charge is -2.18. The minimum atomic E-state index is -0.335. The monoisotopic (exact) mass is 487 g/mol. The van der Waals surface area contributed by atoms with Crippen LogP contribution in [0, 0.1) is 5.82 Å². The lowest BCUT2D eigenvalue weighted by Crippen LogP contribution is -2.26. The smallest absolute Gasteiger partial charge is 0.227 e. The summed E-state index contributed by atoms with van der Waals surface area (Å²) in [6.45, 7) is 2.48. The highest BCUT2D eigenvalue weighted by Gasteiger charge is 2.26. The van der Waals surface area contributed by atoms with Crippen molar-refractivity contribution in [1.29, 1.82) is 0 Å². The summed E-state index contributed by atoms with van der Waals surface area (Å²) in [7, 11) is 4.77. The topological polar surface area (TPSA) is 59.0 Å². The van der Waals surface area contributed by atoms with Gasteiger partial charge in [-0.15, -0.1) is 0 Å². The fourth-order valence-corrected chi connectivity index (χ4v) is 4.58. The van der Waals surface area contributed by atoms with Crippen molar-refractivity contribution in [2.24, 2.45) is 0 Å². The molecule has 3 aromatic rings. The first-order valence-electron chi connectivity index (χ1n) is 11.7. The normalized spacial score (nSPS) is 13.6. The molecule has 0 unspecified atom stereocenters. The number of carbonyl (C=O) groups is 1. The number of benzene rings is 3. The van der Waals surface area contributed by atoms with Crippen LogP contribution in [0.1, 0.15) is 35.6 Å². The fraction of sp³-hybridized carbons (Fsp3) is 0.233. The van der Waals surface area contributed by atoms with Gasteiger partial charge in [0.1, 0.15) is 5.82 Å². The van der Waals surface area contributed by atoms with Gasteiger partial charge in [0.15, 0.2) is 11.5 Å². The molecule has 0 bridgehead atoms. The third-order valence-electron chi connectivity index (χ3n) is 6.55. The number of fused-ring (bicyclic) bond motifs is 1. The number of methoxy groups -OCH3 is 2. The van der Waals surface area contributed by atoms with E-state index in [9.17, 15) is 14.3 Å². The molecule has 0 saturated heterocycles. The average molecular weight is 488 g/mol. The Balaban J connectivity index is 1.63. The number of phenolic OH excluding ortho intramolecular Hbond substituents is 1. The van der Waals surface area contributed by atoms with Crippen LogP contribution in [0.5, 0.6) is 17.2 Å². The minimum absolute atomic E-state index is 0.0299. The molecule has 0 atom stereocenters. The SMILES string of the molecule is COc1cc(C/C=C2/C(C)=C(CC(=O)N(C)Cc3ccccc3)c3cc(F)ccc32)cc(OC)c1O. The van der Waals surface area contributed by atoms with Gasteiger partial charge >= 0.3 is 0 Å². The number of hydrogen-bond donors (Lipinski definition) is 1. The van der Waals surface area contributed by atoms with Gasteiger partial charge in [0.25, 0.3) is 0 Å². The molecule has 0 aliphatic heterocycles. The maximum atomic E-state index is 14.2. The first-order valence-corrected chi connectivity index (χ1v) is 11.7. The molecule has 0 fully saturated rings. The molecule has 1 aliphatic carbocycles. The van der Waals surface area contributed by atoms with E-state index in [-0.39, 0.29) is 23.9 Å². The number of rotatable bonds is 8. The number of allylic oxidation sites excluding steroid dienone is 3. The van der Waals surface area contributed by atoms with Crippen LogP contribution in [0.3, 0.4) is 0 Å². The Morgan fingerprint density at radius 3 is 2.28 bits per heavy atom. The van der Waals surface area contributed by atoms with Crippen LogP contribution in [0.15, 0.2) is 72.3 Å². The molecular weight excluding hydrogens is 457 g/mol. The van der Waals surface area contributed by atoms with Gasteiger partial charge in [-0.1, -0.05) is 42.5 Å². The summed E-state index contributed by atoms with van der Waals surface area (Å²) in [6, 6.07) is 18.1. The Hall–Kier alpha value is -4.06. The van der Waals surface area contributed by atoms with Gasteiger partial charge < -0.3 is 19.5 Å². The number of phenols is 1. The molecule has 5 nitrogen and oxygen atoms in total. The summed E-state index contributed by atoms with van der Waals surface area (Å²) in [5.74, 6) is 0.249. The van der Waals surface area contributed by atoms with E-state index in [1.807, 2.05) is 37.3 Å². The van der Waals surface area contributed by atoms with Crippen molar-refractivity contribution in [3.8, 4) is 17.2 Å². The van der Waals surface area contributed by atoms with Crippen molar-refractivity contribution in [2.75, 3.05) is 21.3 Å². The molecule has 3 aromatic carbocycles. The predicted octanol–water partition coefficient (Wildman–Crippen LogP) is 6.01. The van der Waals surface area contributed by atoms with Crippen LogP contribution in [0.25, 0.3) is 11.1 Å². The zero-order valence-corrected chi connectivity index (χ0v) is 21.0. The Bertz CT molecular complexity index is 1320. The summed E-state index contributed by atoms with van der Waals surface area (Å²) < 4.78 is 24.8. The largest absolute Gasteiger partial charge is 0.502 e. The standard InChI is InChI=1S/C30H30FNO4/c1-19-23(12-10-21-14-27(35-3)30(34)28(15-21)36-4)24-13-11-22(31)16-26(24)25(19)17-29(33)32(2)18-20-8-6-5-7-9-20/h5-9,11-16,34H,10,17-18H2,1-4H3/b23-12-. The number of carbonyl (C=O) groups excluding carboxylic acids is 1. The second kappa shape index (κ2) is 10.7. The molecule has 186 valence electrons. The van der Waals surface area contributed by atoms with E-state index in [1.165, 1.54) is 26.4 Å². The Morgan fingerprint density at radius 2 is 1.64 bits per heavy atom. The van der Waals surface area contributed by atoms with Crippen molar-refractivity contribution in [3.63, 3.8) is 0 Å². The van der Waals surface area contributed by atoms with Crippen molar-refractivity contribution in [2.45, 2.75) is 26.3 Å². The maximum absolute atomic E-state index is 14.2. The summed E-state index contributed by atoms with van der Waals surface area (Å²) in [5, 5.41) is 10.2. The van der Waals surface area contributed by atoms with Gasteiger partial charge in [0, 0.05) is 13.6 Å². The van der Waals surface area contributed by atoms with Crippen molar-refractivity contribution in [3.05, 3.63) is 100 Å². The minimum Gasteiger partial charge on any atom is -0.502 e. The lowest BCUT2D eigenvalue weighted by molar-refractivity contribution is -0.129. The second-order valence-corrected chi connectivity index (χ2v) is 8.88. The molecule has 1 N–H and O–H groups in total. The number of amides is 1. The molecule has 1 amide bonds. The van der Waals surface area contributed by atoms with Crippen molar-refractivity contribution < 1.29 is 23.8 Å². The van der Waals surface area contributed by atoms with Gasteiger partial charge in [0.05, 0.1) is 20.6 Å². The molecule has 0 spiro atoms. The maximum Gasteiger partial charge on any atom is 0.227 e. The predicted molar refractivity (Wildman–Crippen MR) is 139 cm³/mol. The summed E-state index contributed by atoms with van der Waals surface area (Å²) in [4.78, 5) is 14.8.